The van der Waals surface area contributed by atoms with Crippen LogP contribution in [0, 0.1) is 0 Å². The molecular weight excluding hydrogens is 187 g/mol. The molecule has 0 saturated heterocycles. The molecule has 0 aromatic carbocycles. The maximum Gasteiger partial charge on any atom is 0.168 e. The van der Waals surface area contributed by atoms with Gasteiger partial charge >= 0.3 is 0 Å². The molecule has 11 heavy (non-hydrogen) atoms. The predicted molar refractivity (Wildman–Crippen MR) is 45.3 cm³/mol. The molecule has 0 aromatic heterocycles. The zero-order valence-electron chi connectivity index (χ0n) is 6.32. The fraction of sp³-hybridized carbons (Fsp3) is 1.00. The molecule has 0 N–H and O–H groups in total. The van der Waals surface area contributed by atoms with Crippen LogP contribution in [0.25, 0.3) is 0 Å². The van der Waals surface area contributed by atoms with Crippen molar-refractivity contribution >= 4 is 23.2 Å². The number of hydrogen-bond acceptors (Lipinski definition) is 2. The van der Waals surface area contributed by atoms with Crippen LogP contribution in [0.15, 0.2) is 0 Å². The topological polar surface area (TPSA) is 18.5 Å². The molecule has 1 rings (SSSR count). The lowest BCUT2D eigenvalue weighted by Crippen LogP contribution is -2.21. The standard InChI is InChI=1S/C7H12Cl2O2/c8-3-5-10-7(1-2-7)11-6-4-9/h1-6H2. The van der Waals surface area contributed by atoms with E-state index in [2.05, 4.69) is 0 Å². The van der Waals surface area contributed by atoms with E-state index in [1.54, 1.807) is 0 Å². The lowest BCUT2D eigenvalue weighted by Gasteiger charge is -2.15. The first-order chi connectivity index (χ1) is 5.33. The third-order valence-corrected chi connectivity index (χ3v) is 1.85. The molecule has 0 atom stereocenters. The summed E-state index contributed by atoms with van der Waals surface area (Å²) >= 11 is 10.9. The van der Waals surface area contributed by atoms with E-state index >= 15 is 0 Å². The van der Waals surface area contributed by atoms with E-state index < -0.39 is 0 Å². The molecule has 0 spiro atoms. The molecule has 0 aromatic rings. The van der Waals surface area contributed by atoms with E-state index in [0.717, 1.165) is 12.8 Å². The molecule has 0 aliphatic heterocycles. The maximum absolute atomic E-state index is 5.46. The summed E-state index contributed by atoms with van der Waals surface area (Å²) in [5.74, 6) is 0.724. The quantitative estimate of drug-likeness (QED) is 0.481. The van der Waals surface area contributed by atoms with E-state index in [9.17, 15) is 0 Å². The van der Waals surface area contributed by atoms with Crippen molar-refractivity contribution in [1.29, 1.82) is 0 Å². The normalized spacial score (nSPS) is 20.2. The van der Waals surface area contributed by atoms with Crippen molar-refractivity contribution in [2.45, 2.75) is 18.6 Å². The lowest BCUT2D eigenvalue weighted by atomic mass is 10.6. The van der Waals surface area contributed by atoms with Crippen molar-refractivity contribution in [3.05, 3.63) is 0 Å². The Bertz CT molecular complexity index is 105. The summed E-state index contributed by atoms with van der Waals surface area (Å²) in [6.07, 6.45) is 1.95. The van der Waals surface area contributed by atoms with Gasteiger partial charge in [-0.1, -0.05) is 0 Å². The van der Waals surface area contributed by atoms with Gasteiger partial charge in [-0.3, -0.25) is 0 Å². The molecule has 0 amide bonds. The van der Waals surface area contributed by atoms with Crippen LogP contribution in [-0.4, -0.2) is 30.8 Å². The first-order valence-corrected chi connectivity index (χ1v) is 4.80. The van der Waals surface area contributed by atoms with Gasteiger partial charge in [0.1, 0.15) is 0 Å². The van der Waals surface area contributed by atoms with Crippen molar-refractivity contribution in [3.8, 4) is 0 Å². The summed E-state index contributed by atoms with van der Waals surface area (Å²) in [6, 6.07) is 0. The third kappa shape index (κ3) is 3.16. The summed E-state index contributed by atoms with van der Waals surface area (Å²) in [5, 5.41) is 0. The molecule has 4 heteroatoms. The van der Waals surface area contributed by atoms with Gasteiger partial charge < -0.3 is 9.47 Å². The zero-order chi connectivity index (χ0) is 8.16. The first kappa shape index (κ1) is 9.59. The van der Waals surface area contributed by atoms with E-state index in [1.165, 1.54) is 0 Å². The van der Waals surface area contributed by atoms with Gasteiger partial charge in [-0.25, -0.2) is 0 Å². The van der Waals surface area contributed by atoms with Crippen LogP contribution in [0.1, 0.15) is 12.8 Å². The van der Waals surface area contributed by atoms with Crippen molar-refractivity contribution in [3.63, 3.8) is 0 Å². The van der Waals surface area contributed by atoms with Crippen LogP contribution < -0.4 is 0 Å². The minimum atomic E-state index is -0.316. The Kier molecular flexibility index (Phi) is 3.93. The molecule has 0 unspecified atom stereocenters. The fourth-order valence-corrected chi connectivity index (χ4v) is 1.04. The highest BCUT2D eigenvalue weighted by atomic mass is 35.5. The summed E-state index contributed by atoms with van der Waals surface area (Å²) in [6.45, 7) is 1.12. The summed E-state index contributed by atoms with van der Waals surface area (Å²) in [5.41, 5.74) is 0. The van der Waals surface area contributed by atoms with Crippen LogP contribution in [0.3, 0.4) is 0 Å². The SMILES string of the molecule is ClCCOC1(OCCCl)CC1. The number of alkyl halides is 2. The fourth-order valence-electron chi connectivity index (χ4n) is 0.882. The van der Waals surface area contributed by atoms with Gasteiger partial charge in [0, 0.05) is 24.6 Å². The van der Waals surface area contributed by atoms with Gasteiger partial charge in [-0.2, -0.15) is 0 Å². The Balaban J connectivity index is 2.08. The van der Waals surface area contributed by atoms with Gasteiger partial charge in [0.05, 0.1) is 13.2 Å². The third-order valence-electron chi connectivity index (χ3n) is 1.54. The van der Waals surface area contributed by atoms with Crippen molar-refractivity contribution < 1.29 is 9.47 Å². The highest BCUT2D eigenvalue weighted by Crippen LogP contribution is 2.40. The largest absolute Gasteiger partial charge is 0.349 e. The summed E-state index contributed by atoms with van der Waals surface area (Å²) < 4.78 is 10.8. The van der Waals surface area contributed by atoms with Crippen LogP contribution in [0.2, 0.25) is 0 Å². The second-order valence-corrected chi connectivity index (χ2v) is 3.24. The molecule has 2 nitrogen and oxygen atoms in total. The predicted octanol–water partition coefficient (Wildman–Crippen LogP) is 1.99. The van der Waals surface area contributed by atoms with Gasteiger partial charge in [-0.05, 0) is 0 Å². The second kappa shape index (κ2) is 4.51. The maximum atomic E-state index is 5.46. The average molecular weight is 199 g/mol. The second-order valence-electron chi connectivity index (χ2n) is 2.49. The number of halogens is 2. The van der Waals surface area contributed by atoms with Crippen molar-refractivity contribution in [2.75, 3.05) is 25.0 Å². The van der Waals surface area contributed by atoms with Crippen LogP contribution in [-0.2, 0) is 9.47 Å². The molecule has 0 radical (unpaired) electrons. The Labute approximate surface area is 76.8 Å². The van der Waals surface area contributed by atoms with Gasteiger partial charge in [0.15, 0.2) is 5.79 Å². The molecule has 1 aliphatic rings. The Morgan fingerprint density at radius 2 is 1.45 bits per heavy atom. The van der Waals surface area contributed by atoms with Crippen molar-refractivity contribution in [1.82, 2.24) is 0 Å². The monoisotopic (exact) mass is 198 g/mol. The Morgan fingerprint density at radius 3 is 1.73 bits per heavy atom. The number of ether oxygens (including phenoxy) is 2. The Morgan fingerprint density at radius 1 is 1.00 bits per heavy atom. The average Bonchev–Trinajstić information content (AvgIpc) is 2.79. The van der Waals surface area contributed by atoms with Crippen LogP contribution >= 0.6 is 23.2 Å². The minimum Gasteiger partial charge on any atom is -0.349 e. The van der Waals surface area contributed by atoms with E-state index in [0.29, 0.717) is 25.0 Å². The Hall–Kier alpha value is 0.500. The molecule has 1 aliphatic carbocycles. The zero-order valence-corrected chi connectivity index (χ0v) is 7.83. The molecule has 1 saturated carbocycles. The molecular formula is C7H12Cl2O2. The number of rotatable bonds is 6. The molecule has 0 heterocycles. The molecule has 1 fully saturated rings. The lowest BCUT2D eigenvalue weighted by molar-refractivity contribution is -0.159. The van der Waals surface area contributed by atoms with E-state index in [-0.39, 0.29) is 5.79 Å². The molecule has 0 bridgehead atoms. The number of hydrogen-bond donors (Lipinski definition) is 0. The van der Waals surface area contributed by atoms with Crippen molar-refractivity contribution in [2.24, 2.45) is 0 Å². The molecule has 66 valence electrons. The van der Waals surface area contributed by atoms with Crippen LogP contribution in [0.5, 0.6) is 0 Å². The van der Waals surface area contributed by atoms with Gasteiger partial charge in [0.25, 0.3) is 0 Å². The minimum absolute atomic E-state index is 0.316. The van der Waals surface area contributed by atoms with Gasteiger partial charge in [-0.15, -0.1) is 23.2 Å². The summed E-state index contributed by atoms with van der Waals surface area (Å²) in [7, 11) is 0. The first-order valence-electron chi connectivity index (χ1n) is 3.73. The van der Waals surface area contributed by atoms with Gasteiger partial charge in [0.2, 0.25) is 0 Å². The summed E-state index contributed by atoms with van der Waals surface area (Å²) in [4.78, 5) is 0. The highest BCUT2D eigenvalue weighted by molar-refractivity contribution is 6.18. The highest BCUT2D eigenvalue weighted by Gasteiger charge is 2.45. The van der Waals surface area contributed by atoms with Crippen LogP contribution in [0.4, 0.5) is 0 Å². The van der Waals surface area contributed by atoms with E-state index in [4.69, 9.17) is 32.7 Å². The van der Waals surface area contributed by atoms with E-state index in [1.807, 2.05) is 0 Å². The smallest absolute Gasteiger partial charge is 0.168 e.